The Morgan fingerprint density at radius 3 is 2.29 bits per heavy atom. The first-order valence-corrected chi connectivity index (χ1v) is 18.5. The molecule has 15 heteroatoms. The monoisotopic (exact) mass is 712 g/mol. The van der Waals surface area contributed by atoms with Gasteiger partial charge in [-0.05, 0) is 81.5 Å². The molecule has 1 saturated heterocycles. The highest BCUT2D eigenvalue weighted by Gasteiger charge is 2.26. The summed E-state index contributed by atoms with van der Waals surface area (Å²) < 4.78 is 33.8. The van der Waals surface area contributed by atoms with Gasteiger partial charge in [0.1, 0.15) is 5.69 Å². The second-order valence-electron chi connectivity index (χ2n) is 12.4. The summed E-state index contributed by atoms with van der Waals surface area (Å²) in [5.74, 6) is 0.0202. The molecule has 0 spiro atoms. The van der Waals surface area contributed by atoms with Crippen LogP contribution < -0.4 is 14.9 Å². The number of sulfonamides is 1. The van der Waals surface area contributed by atoms with Crippen LogP contribution in [0.15, 0.2) is 82.6 Å². The van der Waals surface area contributed by atoms with Crippen molar-refractivity contribution in [1.29, 1.82) is 0 Å². The van der Waals surface area contributed by atoms with E-state index in [0.29, 0.717) is 45.0 Å². The summed E-state index contributed by atoms with van der Waals surface area (Å²) in [7, 11) is -0.537. The quantitative estimate of drug-likeness (QED) is 0.122. The van der Waals surface area contributed by atoms with E-state index in [1.165, 1.54) is 24.3 Å². The number of nitro groups is 1. The van der Waals surface area contributed by atoms with Crippen molar-refractivity contribution in [3.63, 3.8) is 0 Å². The van der Waals surface area contributed by atoms with Gasteiger partial charge in [-0.15, -0.1) is 11.8 Å². The summed E-state index contributed by atoms with van der Waals surface area (Å²) in [6.45, 7) is 7.18. The fourth-order valence-electron chi connectivity index (χ4n) is 5.04. The van der Waals surface area contributed by atoms with Crippen molar-refractivity contribution in [2.45, 2.75) is 36.1 Å². The molecule has 1 aliphatic heterocycles. The SMILES string of the molecule is CC(C)COC(=O)N1CCN(c2ccc(C(=O)NS(=O)(=O)c3ccc(N[C@H](CCN(C)C)CSc4ccccc4)c([N+](=O)[O-])c3)cc2)CC1. The van der Waals surface area contributed by atoms with Crippen molar-refractivity contribution in [1.82, 2.24) is 14.5 Å². The molecule has 264 valence electrons. The van der Waals surface area contributed by atoms with Crippen LogP contribution in [-0.4, -0.2) is 100 Å². The lowest BCUT2D eigenvalue weighted by atomic mass is 10.1. The Labute approximate surface area is 292 Å². The predicted molar refractivity (Wildman–Crippen MR) is 192 cm³/mol. The molecule has 3 aromatic carbocycles. The topological polar surface area (TPSA) is 154 Å². The average molecular weight is 713 g/mol. The summed E-state index contributed by atoms with van der Waals surface area (Å²) in [5, 5.41) is 15.3. The lowest BCUT2D eigenvalue weighted by Crippen LogP contribution is -2.49. The number of piperazine rings is 1. The number of carbonyl (C=O) groups is 2. The molecule has 0 aliphatic carbocycles. The van der Waals surface area contributed by atoms with Gasteiger partial charge in [-0.2, -0.15) is 0 Å². The number of benzene rings is 3. The maximum absolute atomic E-state index is 13.2. The van der Waals surface area contributed by atoms with Crippen LogP contribution in [0.1, 0.15) is 30.6 Å². The number of nitrogens with zero attached hydrogens (tertiary/aromatic N) is 4. The largest absolute Gasteiger partial charge is 0.449 e. The minimum absolute atomic E-state index is 0.107. The van der Waals surface area contributed by atoms with Crippen molar-refractivity contribution in [2.75, 3.05) is 69.4 Å². The zero-order chi connectivity index (χ0) is 35.6. The number of amides is 2. The van der Waals surface area contributed by atoms with Gasteiger partial charge in [-0.3, -0.25) is 14.9 Å². The molecule has 0 bridgehead atoms. The number of ether oxygens (including phenoxy) is 1. The predicted octanol–water partition coefficient (Wildman–Crippen LogP) is 5.15. The summed E-state index contributed by atoms with van der Waals surface area (Å²) in [5.41, 5.74) is 0.708. The van der Waals surface area contributed by atoms with E-state index >= 15 is 0 Å². The van der Waals surface area contributed by atoms with Crippen LogP contribution in [0.2, 0.25) is 0 Å². The molecule has 0 unspecified atom stereocenters. The van der Waals surface area contributed by atoms with Crippen LogP contribution in [0.3, 0.4) is 0 Å². The normalized spacial score (nSPS) is 14.1. The van der Waals surface area contributed by atoms with Crippen LogP contribution in [-0.2, 0) is 14.8 Å². The molecular weight excluding hydrogens is 669 g/mol. The van der Waals surface area contributed by atoms with Gasteiger partial charge >= 0.3 is 6.09 Å². The van der Waals surface area contributed by atoms with E-state index in [4.69, 9.17) is 4.74 Å². The van der Waals surface area contributed by atoms with Crippen LogP contribution in [0.5, 0.6) is 0 Å². The van der Waals surface area contributed by atoms with E-state index in [9.17, 15) is 28.1 Å². The van der Waals surface area contributed by atoms with Crippen molar-refractivity contribution in [3.05, 3.63) is 88.5 Å². The van der Waals surface area contributed by atoms with Crippen LogP contribution in [0.4, 0.5) is 21.9 Å². The van der Waals surface area contributed by atoms with Crippen molar-refractivity contribution < 1.29 is 27.7 Å². The highest BCUT2D eigenvalue weighted by atomic mass is 32.2. The molecule has 1 aliphatic rings. The van der Waals surface area contributed by atoms with E-state index in [1.54, 1.807) is 28.8 Å². The maximum atomic E-state index is 13.2. The van der Waals surface area contributed by atoms with E-state index in [2.05, 4.69) is 10.2 Å². The van der Waals surface area contributed by atoms with Gasteiger partial charge in [0.15, 0.2) is 0 Å². The van der Waals surface area contributed by atoms with Crippen LogP contribution in [0.25, 0.3) is 0 Å². The maximum Gasteiger partial charge on any atom is 0.409 e. The molecule has 4 rings (SSSR count). The Bertz CT molecular complexity index is 1680. The Morgan fingerprint density at radius 2 is 1.67 bits per heavy atom. The van der Waals surface area contributed by atoms with Crippen LogP contribution >= 0.6 is 11.8 Å². The minimum atomic E-state index is -4.43. The smallest absolute Gasteiger partial charge is 0.409 e. The van der Waals surface area contributed by atoms with Crippen molar-refractivity contribution in [3.8, 4) is 0 Å². The number of rotatable bonds is 15. The number of hydrogen-bond donors (Lipinski definition) is 2. The number of nitro benzene ring substituents is 1. The van der Waals surface area contributed by atoms with Gasteiger partial charge in [-0.25, -0.2) is 17.9 Å². The molecule has 1 atom stereocenters. The Hall–Kier alpha value is -4.34. The molecule has 1 heterocycles. The summed E-state index contributed by atoms with van der Waals surface area (Å²) in [4.78, 5) is 43.1. The van der Waals surface area contributed by atoms with Gasteiger partial charge in [0, 0.05) is 60.2 Å². The third-order valence-corrected chi connectivity index (χ3v) is 10.3. The fraction of sp³-hybridized carbons (Fsp3) is 0.412. The summed E-state index contributed by atoms with van der Waals surface area (Å²) in [6.07, 6.45) is 0.363. The van der Waals surface area contributed by atoms with Crippen molar-refractivity contribution in [2.24, 2.45) is 5.92 Å². The first-order chi connectivity index (χ1) is 23.3. The van der Waals surface area contributed by atoms with E-state index in [1.807, 2.05) is 67.9 Å². The molecule has 3 aromatic rings. The lowest BCUT2D eigenvalue weighted by molar-refractivity contribution is -0.384. The first-order valence-electron chi connectivity index (χ1n) is 16.0. The molecule has 0 radical (unpaired) electrons. The lowest BCUT2D eigenvalue weighted by Gasteiger charge is -2.35. The number of nitrogens with one attached hydrogen (secondary N) is 2. The zero-order valence-electron chi connectivity index (χ0n) is 28.2. The molecule has 1 fully saturated rings. The van der Waals surface area contributed by atoms with Gasteiger partial charge in [-0.1, -0.05) is 32.0 Å². The fourth-order valence-corrected chi connectivity index (χ4v) is 7.02. The molecule has 13 nitrogen and oxygen atoms in total. The molecule has 49 heavy (non-hydrogen) atoms. The first kappa shape index (κ1) is 37.5. The van der Waals surface area contributed by atoms with E-state index in [0.717, 1.165) is 23.2 Å². The molecule has 2 amide bonds. The molecule has 2 N–H and O–H groups in total. The number of thioether (sulfide) groups is 1. The third kappa shape index (κ3) is 11.1. The zero-order valence-corrected chi connectivity index (χ0v) is 29.8. The standard InChI is InChI=1S/C34H44N6O7S2/c1-25(2)23-47-34(42)39-20-18-38(19-21-39)28-12-10-26(11-13-28)33(41)36-49(45,46)30-14-15-31(32(22-30)40(43)44)35-27(16-17-37(3)4)24-48-29-8-6-5-7-9-29/h5-15,22,25,27,35H,16-21,23-24H2,1-4H3,(H,36,41)/t27-/m1/s1. The number of anilines is 2. The second kappa shape index (κ2) is 17.4. The van der Waals surface area contributed by atoms with Gasteiger partial charge in [0.05, 0.1) is 16.4 Å². The van der Waals surface area contributed by atoms with Crippen molar-refractivity contribution >= 4 is 50.8 Å². The van der Waals surface area contributed by atoms with Gasteiger partial charge < -0.3 is 24.8 Å². The highest BCUT2D eigenvalue weighted by Crippen LogP contribution is 2.30. The molecule has 0 saturated carbocycles. The Kier molecular flexibility index (Phi) is 13.3. The molecular formula is C34H44N6O7S2. The number of hydrogen-bond acceptors (Lipinski definition) is 11. The van der Waals surface area contributed by atoms with Gasteiger partial charge in [0.25, 0.3) is 21.6 Å². The average Bonchev–Trinajstić information content (AvgIpc) is 3.08. The van der Waals surface area contributed by atoms with Crippen LogP contribution in [0, 0.1) is 16.0 Å². The van der Waals surface area contributed by atoms with E-state index in [-0.39, 0.29) is 29.3 Å². The van der Waals surface area contributed by atoms with Gasteiger partial charge in [0.2, 0.25) is 0 Å². The Balaban J connectivity index is 1.40. The number of carbonyl (C=O) groups excluding carboxylic acids is 2. The minimum Gasteiger partial charge on any atom is -0.449 e. The molecule has 0 aromatic heterocycles. The highest BCUT2D eigenvalue weighted by molar-refractivity contribution is 7.99. The summed E-state index contributed by atoms with van der Waals surface area (Å²) >= 11 is 1.62. The van der Waals surface area contributed by atoms with E-state index < -0.39 is 31.4 Å². The third-order valence-electron chi connectivity index (χ3n) is 7.75. The summed E-state index contributed by atoms with van der Waals surface area (Å²) in [6, 6.07) is 19.7. The second-order valence-corrected chi connectivity index (χ2v) is 15.2. The Morgan fingerprint density at radius 1 is 1.00 bits per heavy atom.